The maximum Gasteiger partial charge on any atom is 0.344 e. The van der Waals surface area contributed by atoms with Crippen LogP contribution < -0.4 is 15.4 Å². The quantitative estimate of drug-likeness (QED) is 0.504. The molecule has 0 heterocycles. The van der Waals surface area contributed by atoms with Crippen LogP contribution in [0.25, 0.3) is 0 Å². The first-order valence-corrected chi connectivity index (χ1v) is 10.0. The van der Waals surface area contributed by atoms with Crippen molar-refractivity contribution in [1.29, 1.82) is 0 Å². The highest BCUT2D eigenvalue weighted by Gasteiger charge is 2.19. The molecule has 6 nitrogen and oxygen atoms in total. The van der Waals surface area contributed by atoms with Crippen LogP contribution in [0.2, 0.25) is 0 Å². The van der Waals surface area contributed by atoms with Gasteiger partial charge < -0.3 is 20.1 Å². The molecule has 3 aromatic carbocycles. The van der Waals surface area contributed by atoms with Gasteiger partial charge in [-0.1, -0.05) is 36.4 Å². The summed E-state index contributed by atoms with van der Waals surface area (Å²) < 4.78 is 10.7. The van der Waals surface area contributed by atoms with E-state index in [-0.39, 0.29) is 12.5 Å². The van der Waals surface area contributed by atoms with E-state index in [2.05, 4.69) is 10.6 Å². The number of anilines is 3. The van der Waals surface area contributed by atoms with E-state index in [0.717, 1.165) is 28.2 Å². The minimum atomic E-state index is -0.937. The van der Waals surface area contributed by atoms with Gasteiger partial charge in [-0.25, -0.2) is 4.79 Å². The van der Waals surface area contributed by atoms with Gasteiger partial charge in [0.25, 0.3) is 5.91 Å². The molecule has 0 bridgehead atoms. The van der Waals surface area contributed by atoms with Crippen molar-refractivity contribution in [2.24, 2.45) is 0 Å². The van der Waals surface area contributed by atoms with Crippen LogP contribution in [-0.4, -0.2) is 24.6 Å². The van der Waals surface area contributed by atoms with Gasteiger partial charge in [0.15, 0.2) is 12.7 Å². The van der Waals surface area contributed by atoms with Crippen LogP contribution in [0, 0.1) is 13.8 Å². The molecule has 3 aromatic rings. The minimum Gasteiger partial charge on any atom is -0.482 e. The molecule has 2 N–H and O–H groups in total. The summed E-state index contributed by atoms with van der Waals surface area (Å²) in [4.78, 5) is 24.5. The third kappa shape index (κ3) is 6.34. The van der Waals surface area contributed by atoms with E-state index < -0.39 is 12.1 Å². The Morgan fingerprint density at radius 3 is 2.10 bits per heavy atom. The van der Waals surface area contributed by atoms with Crippen molar-refractivity contribution in [1.82, 2.24) is 0 Å². The zero-order chi connectivity index (χ0) is 22.2. The molecule has 0 aliphatic heterocycles. The molecule has 0 aromatic heterocycles. The molecule has 31 heavy (non-hydrogen) atoms. The highest BCUT2D eigenvalue weighted by Crippen LogP contribution is 2.21. The van der Waals surface area contributed by atoms with E-state index >= 15 is 0 Å². The largest absolute Gasteiger partial charge is 0.482 e. The predicted molar refractivity (Wildman–Crippen MR) is 122 cm³/mol. The number of hydrogen-bond donors (Lipinski definition) is 2. The molecule has 160 valence electrons. The highest BCUT2D eigenvalue weighted by molar-refractivity contribution is 5.96. The zero-order valence-corrected chi connectivity index (χ0v) is 17.8. The van der Waals surface area contributed by atoms with E-state index in [4.69, 9.17) is 9.47 Å². The normalized spacial score (nSPS) is 11.3. The van der Waals surface area contributed by atoms with Gasteiger partial charge in [0.2, 0.25) is 0 Å². The van der Waals surface area contributed by atoms with Gasteiger partial charge >= 0.3 is 5.97 Å². The van der Waals surface area contributed by atoms with Crippen LogP contribution in [0.15, 0.2) is 72.8 Å². The summed E-state index contributed by atoms with van der Waals surface area (Å²) in [6.45, 7) is 5.07. The number of nitrogens with one attached hydrogen (secondary N) is 2. The first kappa shape index (κ1) is 21.9. The topological polar surface area (TPSA) is 76.7 Å². The van der Waals surface area contributed by atoms with Crippen LogP contribution in [0.5, 0.6) is 5.75 Å². The summed E-state index contributed by atoms with van der Waals surface area (Å²) in [7, 11) is 0. The van der Waals surface area contributed by atoms with Gasteiger partial charge in [0.05, 0.1) is 0 Å². The van der Waals surface area contributed by atoms with Gasteiger partial charge in [-0.2, -0.15) is 0 Å². The van der Waals surface area contributed by atoms with Crippen molar-refractivity contribution >= 4 is 28.9 Å². The third-order valence-electron chi connectivity index (χ3n) is 4.68. The standard InChI is InChI=1S/C25H26N2O4/c1-17-8-7-9-18(2)24(17)27-25(29)19(3)31-23(28)16-30-22-14-12-21(13-15-22)26-20-10-5-4-6-11-20/h4-15,19,26H,16H2,1-3H3,(H,27,29)/t19-/m1/s1. The average molecular weight is 418 g/mol. The lowest BCUT2D eigenvalue weighted by molar-refractivity contribution is -0.155. The second-order valence-electron chi connectivity index (χ2n) is 7.19. The summed E-state index contributed by atoms with van der Waals surface area (Å²) >= 11 is 0. The first-order valence-electron chi connectivity index (χ1n) is 10.0. The Morgan fingerprint density at radius 2 is 1.45 bits per heavy atom. The number of benzene rings is 3. The molecule has 1 amide bonds. The third-order valence-corrected chi connectivity index (χ3v) is 4.68. The number of para-hydroxylation sites is 2. The lowest BCUT2D eigenvalue weighted by Crippen LogP contribution is -2.32. The van der Waals surface area contributed by atoms with Crippen LogP contribution in [-0.2, 0) is 14.3 Å². The molecule has 0 saturated carbocycles. The van der Waals surface area contributed by atoms with Crippen LogP contribution >= 0.6 is 0 Å². The Kier molecular flexibility index (Phi) is 7.27. The highest BCUT2D eigenvalue weighted by atomic mass is 16.6. The molecular weight excluding hydrogens is 392 g/mol. The predicted octanol–water partition coefficient (Wildman–Crippen LogP) is 5.00. The molecule has 0 unspecified atom stereocenters. The number of hydrogen-bond acceptors (Lipinski definition) is 5. The maximum atomic E-state index is 12.4. The minimum absolute atomic E-state index is 0.285. The van der Waals surface area contributed by atoms with Crippen LogP contribution in [0.1, 0.15) is 18.1 Å². The second kappa shape index (κ2) is 10.3. The first-order chi connectivity index (χ1) is 14.9. The monoisotopic (exact) mass is 418 g/mol. The fourth-order valence-corrected chi connectivity index (χ4v) is 2.99. The number of carbonyl (C=O) groups is 2. The molecule has 0 aliphatic rings. The van der Waals surface area contributed by atoms with Gasteiger partial charge in [-0.05, 0) is 68.3 Å². The number of amides is 1. The average Bonchev–Trinajstić information content (AvgIpc) is 2.76. The summed E-state index contributed by atoms with van der Waals surface area (Å²) in [6, 6.07) is 22.8. The molecule has 0 fully saturated rings. The fourth-order valence-electron chi connectivity index (χ4n) is 2.99. The van der Waals surface area contributed by atoms with Crippen LogP contribution in [0.3, 0.4) is 0 Å². The second-order valence-corrected chi connectivity index (χ2v) is 7.19. The van der Waals surface area contributed by atoms with E-state index in [1.54, 1.807) is 12.1 Å². The summed E-state index contributed by atoms with van der Waals surface area (Å²) in [5, 5.41) is 6.09. The van der Waals surface area contributed by atoms with Crippen molar-refractivity contribution in [3.8, 4) is 5.75 Å². The summed E-state index contributed by atoms with van der Waals surface area (Å²) in [5.74, 6) is -0.471. The maximum absolute atomic E-state index is 12.4. The van der Waals surface area contributed by atoms with Gasteiger partial charge in [-0.15, -0.1) is 0 Å². The number of ether oxygens (including phenoxy) is 2. The van der Waals surface area contributed by atoms with Gasteiger partial charge in [0.1, 0.15) is 5.75 Å². The molecule has 3 rings (SSSR count). The number of rotatable bonds is 8. The molecule has 0 spiro atoms. The van der Waals surface area contributed by atoms with Crippen molar-refractivity contribution in [2.45, 2.75) is 26.9 Å². The zero-order valence-electron chi connectivity index (χ0n) is 17.8. The Bertz CT molecular complexity index is 1010. The Balaban J connectivity index is 1.46. The summed E-state index contributed by atoms with van der Waals surface area (Å²) in [6.07, 6.45) is -0.937. The van der Waals surface area contributed by atoms with Crippen molar-refractivity contribution in [2.75, 3.05) is 17.2 Å². The van der Waals surface area contributed by atoms with Crippen molar-refractivity contribution < 1.29 is 19.1 Å². The Morgan fingerprint density at radius 1 is 0.839 bits per heavy atom. The molecular formula is C25H26N2O4. The van der Waals surface area contributed by atoms with Gasteiger partial charge in [0, 0.05) is 17.1 Å². The lowest BCUT2D eigenvalue weighted by Gasteiger charge is -2.16. The molecule has 0 radical (unpaired) electrons. The van der Waals surface area contributed by atoms with Gasteiger partial charge in [-0.3, -0.25) is 4.79 Å². The Labute approximate surface area is 182 Å². The lowest BCUT2D eigenvalue weighted by atomic mass is 10.1. The summed E-state index contributed by atoms with van der Waals surface area (Å²) in [5.41, 5.74) is 4.50. The van der Waals surface area contributed by atoms with E-state index in [1.807, 2.05) is 74.5 Å². The van der Waals surface area contributed by atoms with E-state index in [0.29, 0.717) is 5.75 Å². The van der Waals surface area contributed by atoms with Crippen LogP contribution in [0.4, 0.5) is 17.1 Å². The fraction of sp³-hybridized carbons (Fsp3) is 0.200. The van der Waals surface area contributed by atoms with E-state index in [1.165, 1.54) is 6.92 Å². The molecule has 0 saturated heterocycles. The smallest absolute Gasteiger partial charge is 0.344 e. The van der Waals surface area contributed by atoms with Crippen molar-refractivity contribution in [3.05, 3.63) is 83.9 Å². The van der Waals surface area contributed by atoms with Crippen molar-refractivity contribution in [3.63, 3.8) is 0 Å². The number of carbonyl (C=O) groups excluding carboxylic acids is 2. The number of esters is 1. The Hall–Kier alpha value is -3.80. The van der Waals surface area contributed by atoms with E-state index in [9.17, 15) is 9.59 Å². The molecule has 0 aliphatic carbocycles. The molecule has 1 atom stereocenters. The molecule has 6 heteroatoms. The number of aryl methyl sites for hydroxylation is 2. The SMILES string of the molecule is Cc1cccc(C)c1NC(=O)[C@@H](C)OC(=O)COc1ccc(Nc2ccccc2)cc1.